The number of hydrogen-bond donors (Lipinski definition) is 1. The fraction of sp³-hybridized carbons (Fsp3) is 0.917. The van der Waals surface area contributed by atoms with Gasteiger partial charge in [-0.15, -0.1) is 0 Å². The Morgan fingerprint density at radius 3 is 2.75 bits per heavy atom. The van der Waals surface area contributed by atoms with Crippen molar-refractivity contribution in [2.24, 2.45) is 0 Å². The van der Waals surface area contributed by atoms with E-state index in [-0.39, 0.29) is 18.7 Å². The minimum atomic E-state index is -3.83. The summed E-state index contributed by atoms with van der Waals surface area (Å²) in [6.45, 7) is 2.18. The molecule has 2 rings (SSSR count). The second kappa shape index (κ2) is 6.64. The molecule has 2 heterocycles. The molecule has 2 fully saturated rings. The Morgan fingerprint density at radius 2 is 2.25 bits per heavy atom. The molecule has 0 bridgehead atoms. The third-order valence-corrected chi connectivity index (χ3v) is 7.18. The summed E-state index contributed by atoms with van der Waals surface area (Å²) in [5.74, 6) is 0.357. The fourth-order valence-electron chi connectivity index (χ4n) is 2.53. The summed E-state index contributed by atoms with van der Waals surface area (Å²) in [7, 11) is -3.83. The number of nitrogens with zero attached hydrogens (tertiary/aromatic N) is 1. The third-order valence-electron chi connectivity index (χ3n) is 3.84. The molecule has 116 valence electrons. The zero-order chi connectivity index (χ0) is 14.8. The topological polar surface area (TPSA) is 83.9 Å². The molecule has 3 atom stereocenters. The molecule has 0 amide bonds. The molecule has 0 aromatic carbocycles. The maximum absolute atomic E-state index is 12.5. The van der Waals surface area contributed by atoms with Gasteiger partial charge in [-0.3, -0.25) is 4.79 Å². The zero-order valence-electron chi connectivity index (χ0n) is 11.5. The monoisotopic (exact) mass is 323 g/mol. The van der Waals surface area contributed by atoms with Crippen molar-refractivity contribution in [1.82, 2.24) is 4.31 Å². The van der Waals surface area contributed by atoms with Gasteiger partial charge in [0.2, 0.25) is 10.0 Å². The number of hydrogen-bond acceptors (Lipinski definition) is 5. The molecule has 20 heavy (non-hydrogen) atoms. The van der Waals surface area contributed by atoms with E-state index in [2.05, 4.69) is 0 Å². The van der Waals surface area contributed by atoms with Crippen LogP contribution in [-0.2, 0) is 19.6 Å². The smallest absolute Gasteiger partial charge is 0.323 e. The lowest BCUT2D eigenvalue weighted by Crippen LogP contribution is -2.49. The summed E-state index contributed by atoms with van der Waals surface area (Å²) in [5.41, 5.74) is 0. The van der Waals surface area contributed by atoms with Crippen molar-refractivity contribution in [1.29, 1.82) is 0 Å². The van der Waals surface area contributed by atoms with Gasteiger partial charge in [-0.05, 0) is 31.9 Å². The highest BCUT2D eigenvalue weighted by atomic mass is 32.2. The highest BCUT2D eigenvalue weighted by Crippen LogP contribution is 2.28. The van der Waals surface area contributed by atoms with Crippen LogP contribution in [0.2, 0.25) is 0 Å². The Labute approximate surface area is 123 Å². The van der Waals surface area contributed by atoms with Crippen LogP contribution in [0.1, 0.15) is 26.2 Å². The van der Waals surface area contributed by atoms with Crippen molar-refractivity contribution in [3.8, 4) is 0 Å². The maximum atomic E-state index is 12.5. The van der Waals surface area contributed by atoms with Crippen LogP contribution >= 0.6 is 11.8 Å². The van der Waals surface area contributed by atoms with Crippen LogP contribution in [0.4, 0.5) is 0 Å². The first-order valence-electron chi connectivity index (χ1n) is 6.85. The molecule has 2 aliphatic rings. The maximum Gasteiger partial charge on any atom is 0.323 e. The lowest BCUT2D eigenvalue weighted by molar-refractivity contribution is -0.136. The first-order chi connectivity index (χ1) is 9.43. The van der Waals surface area contributed by atoms with Crippen molar-refractivity contribution >= 4 is 27.8 Å². The molecule has 8 heteroatoms. The Balaban J connectivity index is 2.18. The quantitative estimate of drug-likeness (QED) is 0.777. The van der Waals surface area contributed by atoms with Gasteiger partial charge in [-0.2, -0.15) is 16.1 Å². The van der Waals surface area contributed by atoms with Gasteiger partial charge in [-0.1, -0.05) is 0 Å². The number of carboxylic acids is 1. The van der Waals surface area contributed by atoms with Gasteiger partial charge in [0.05, 0.1) is 6.10 Å². The molecule has 1 N–H and O–H groups in total. The number of carbonyl (C=O) groups is 1. The molecule has 0 radical (unpaired) electrons. The normalized spacial score (nSPS) is 28.9. The van der Waals surface area contributed by atoms with Crippen LogP contribution in [0.5, 0.6) is 0 Å². The van der Waals surface area contributed by atoms with E-state index >= 15 is 0 Å². The predicted molar refractivity (Wildman–Crippen MR) is 77.4 cm³/mol. The number of ether oxygens (including phenoxy) is 1. The molecule has 0 aromatic heterocycles. The van der Waals surface area contributed by atoms with Gasteiger partial charge in [0.1, 0.15) is 0 Å². The summed E-state index contributed by atoms with van der Waals surface area (Å²) in [6.07, 6.45) is 2.46. The van der Waals surface area contributed by atoms with E-state index in [1.54, 1.807) is 11.8 Å². The van der Waals surface area contributed by atoms with Crippen LogP contribution in [0.25, 0.3) is 0 Å². The number of rotatable bonds is 6. The summed E-state index contributed by atoms with van der Waals surface area (Å²) in [4.78, 5) is 11.1. The minimum Gasteiger partial charge on any atom is -0.480 e. The predicted octanol–water partition coefficient (Wildman–Crippen LogP) is 0.776. The van der Waals surface area contributed by atoms with Crippen LogP contribution < -0.4 is 0 Å². The van der Waals surface area contributed by atoms with Crippen molar-refractivity contribution in [3.63, 3.8) is 0 Å². The van der Waals surface area contributed by atoms with Gasteiger partial charge in [0.25, 0.3) is 0 Å². The van der Waals surface area contributed by atoms with Crippen LogP contribution in [0.3, 0.4) is 0 Å². The molecule has 3 unspecified atom stereocenters. The summed E-state index contributed by atoms with van der Waals surface area (Å²) < 4.78 is 32.0. The van der Waals surface area contributed by atoms with E-state index in [1.165, 1.54) is 11.2 Å². The first-order valence-corrected chi connectivity index (χ1v) is 9.51. The average molecular weight is 323 g/mol. The SMILES string of the molecule is CC(C(=O)O)S(=O)(=O)N(CC1CCCO1)C1CCSC1. The molecule has 2 saturated heterocycles. The van der Waals surface area contributed by atoms with Crippen LogP contribution in [0, 0.1) is 0 Å². The third kappa shape index (κ3) is 3.47. The van der Waals surface area contributed by atoms with Crippen molar-refractivity contribution < 1.29 is 23.1 Å². The Kier molecular flexibility index (Phi) is 5.33. The fourth-order valence-corrected chi connectivity index (χ4v) is 5.48. The minimum absolute atomic E-state index is 0.101. The standard InChI is InChI=1S/C12H21NO5S2/c1-9(12(14)15)20(16,17)13(10-4-6-19-8-10)7-11-3-2-5-18-11/h9-11H,2-8H2,1H3,(H,14,15). The first kappa shape index (κ1) is 16.1. The molecule has 0 aromatic rings. The Hall–Kier alpha value is -0.310. The Bertz CT molecular complexity index is 441. The number of aliphatic carboxylic acids is 1. The summed E-state index contributed by atoms with van der Waals surface area (Å²) in [6, 6.07) is -0.101. The summed E-state index contributed by atoms with van der Waals surface area (Å²) in [5, 5.41) is 7.62. The molecule has 0 saturated carbocycles. The van der Waals surface area contributed by atoms with Crippen molar-refractivity contribution in [2.45, 2.75) is 43.6 Å². The van der Waals surface area contributed by atoms with Gasteiger partial charge in [-0.25, -0.2) is 8.42 Å². The number of thioether (sulfide) groups is 1. The zero-order valence-corrected chi connectivity index (χ0v) is 13.2. The van der Waals surface area contributed by atoms with Crippen molar-refractivity contribution in [3.05, 3.63) is 0 Å². The van der Waals surface area contributed by atoms with Crippen LogP contribution in [0.15, 0.2) is 0 Å². The molecular weight excluding hydrogens is 302 g/mol. The largest absolute Gasteiger partial charge is 0.480 e. The van der Waals surface area contributed by atoms with E-state index in [0.29, 0.717) is 6.61 Å². The lowest BCUT2D eigenvalue weighted by Gasteiger charge is -2.31. The molecular formula is C12H21NO5S2. The van der Waals surface area contributed by atoms with E-state index in [1.807, 2.05) is 0 Å². The molecule has 2 aliphatic heterocycles. The molecule has 0 spiro atoms. The highest BCUT2D eigenvalue weighted by Gasteiger charge is 2.40. The van der Waals surface area contributed by atoms with E-state index < -0.39 is 21.2 Å². The number of sulfonamides is 1. The van der Waals surface area contributed by atoms with E-state index in [0.717, 1.165) is 30.8 Å². The highest BCUT2D eigenvalue weighted by molar-refractivity contribution is 7.99. The van der Waals surface area contributed by atoms with E-state index in [4.69, 9.17) is 9.84 Å². The second-order valence-corrected chi connectivity index (χ2v) is 8.60. The molecule has 0 aliphatic carbocycles. The molecule has 6 nitrogen and oxygen atoms in total. The van der Waals surface area contributed by atoms with Crippen molar-refractivity contribution in [2.75, 3.05) is 24.7 Å². The second-order valence-electron chi connectivity index (χ2n) is 5.25. The van der Waals surface area contributed by atoms with Gasteiger partial charge >= 0.3 is 5.97 Å². The number of carboxylic acid groups (broad SMARTS) is 1. The van der Waals surface area contributed by atoms with E-state index in [9.17, 15) is 13.2 Å². The lowest BCUT2D eigenvalue weighted by atomic mass is 10.2. The summed E-state index contributed by atoms with van der Waals surface area (Å²) >= 11 is 1.71. The van der Waals surface area contributed by atoms with Gasteiger partial charge < -0.3 is 9.84 Å². The average Bonchev–Trinajstić information content (AvgIpc) is 3.07. The van der Waals surface area contributed by atoms with Gasteiger partial charge in [0, 0.05) is 24.9 Å². The van der Waals surface area contributed by atoms with Crippen LogP contribution in [-0.4, -0.2) is 65.9 Å². The Morgan fingerprint density at radius 1 is 1.50 bits per heavy atom. The van der Waals surface area contributed by atoms with Gasteiger partial charge in [0.15, 0.2) is 5.25 Å².